The van der Waals surface area contributed by atoms with Crippen LogP contribution >= 0.6 is 0 Å². The highest BCUT2D eigenvalue weighted by molar-refractivity contribution is 7.89. The maximum atomic E-state index is 13.0. The van der Waals surface area contributed by atoms with Crippen LogP contribution in [0.1, 0.15) is 35.7 Å². The molecule has 1 aliphatic rings. The quantitative estimate of drug-likeness (QED) is 0.715. The highest BCUT2D eigenvalue weighted by atomic mass is 32.2. The Morgan fingerprint density at radius 3 is 2.29 bits per heavy atom. The Kier molecular flexibility index (Phi) is 6.61. The monoisotopic (exact) mass is 456 g/mol. The predicted molar refractivity (Wildman–Crippen MR) is 109 cm³/mol. The summed E-state index contributed by atoms with van der Waals surface area (Å²) in [6, 6.07) is 9.06. The molecule has 0 atom stereocenters. The highest BCUT2D eigenvalue weighted by Crippen LogP contribution is 2.26. The molecular weight excluding hydrogens is 433 g/mol. The summed E-state index contributed by atoms with van der Waals surface area (Å²) < 4.78 is 68.0. The van der Waals surface area contributed by atoms with Crippen LogP contribution in [0, 0.1) is 12.8 Å². The maximum absolute atomic E-state index is 13.0. The molecule has 1 aliphatic heterocycles. The van der Waals surface area contributed by atoms with Crippen LogP contribution in [0.25, 0.3) is 0 Å². The fourth-order valence-corrected chi connectivity index (χ4v) is 4.82. The van der Waals surface area contributed by atoms with Crippen LogP contribution < -0.4 is 10.1 Å². The minimum absolute atomic E-state index is 0.0340. The molecule has 0 saturated carbocycles. The summed E-state index contributed by atoms with van der Waals surface area (Å²) >= 11 is 0. The normalized spacial score (nSPS) is 16.2. The molecule has 31 heavy (non-hydrogen) atoms. The number of hydrogen-bond acceptors (Lipinski definition) is 4. The second-order valence-electron chi connectivity index (χ2n) is 7.59. The van der Waals surface area contributed by atoms with Crippen LogP contribution in [-0.2, 0) is 10.0 Å². The number of nitrogens with zero attached hydrogens (tertiary/aromatic N) is 1. The molecule has 10 heteroatoms. The average Bonchev–Trinajstić information content (AvgIpc) is 2.69. The second-order valence-corrected chi connectivity index (χ2v) is 9.53. The number of amides is 1. The largest absolute Gasteiger partial charge is 0.573 e. The van der Waals surface area contributed by atoms with Crippen molar-refractivity contribution < 1.29 is 31.1 Å². The summed E-state index contributed by atoms with van der Waals surface area (Å²) in [5, 5.41) is 2.57. The summed E-state index contributed by atoms with van der Waals surface area (Å²) in [7, 11) is -3.72. The van der Waals surface area contributed by atoms with Gasteiger partial charge in [-0.3, -0.25) is 4.79 Å². The standard InChI is InChI=1S/C21H23F3N2O4S/c1-14-9-11-26(12-10-14)31(28,29)18-8-3-15(2)19(13-18)20(27)25-16-4-6-17(7-5-16)30-21(22,23)24/h3-8,13-14H,9-12H2,1-2H3,(H,25,27). The molecule has 6 nitrogen and oxygen atoms in total. The predicted octanol–water partition coefficient (Wildman–Crippen LogP) is 4.57. The number of nitrogens with one attached hydrogen (secondary N) is 1. The molecule has 168 valence electrons. The minimum atomic E-state index is -4.81. The van der Waals surface area contributed by atoms with Gasteiger partial charge in [0.05, 0.1) is 4.90 Å². The van der Waals surface area contributed by atoms with Crippen LogP contribution in [0.3, 0.4) is 0 Å². The molecule has 0 bridgehead atoms. The lowest BCUT2D eigenvalue weighted by Gasteiger charge is -2.29. The van der Waals surface area contributed by atoms with Gasteiger partial charge in [0.2, 0.25) is 10.0 Å². The molecule has 0 radical (unpaired) electrons. The van der Waals surface area contributed by atoms with Gasteiger partial charge < -0.3 is 10.1 Å². The van der Waals surface area contributed by atoms with Crippen LogP contribution in [0.15, 0.2) is 47.4 Å². The third kappa shape index (κ3) is 5.76. The maximum Gasteiger partial charge on any atom is 0.573 e. The van der Waals surface area contributed by atoms with Crippen molar-refractivity contribution in [3.8, 4) is 5.75 Å². The van der Waals surface area contributed by atoms with E-state index in [4.69, 9.17) is 0 Å². The first-order valence-corrected chi connectivity index (χ1v) is 11.2. The number of benzene rings is 2. The fourth-order valence-electron chi connectivity index (χ4n) is 3.32. The Morgan fingerprint density at radius 1 is 1.10 bits per heavy atom. The number of anilines is 1. The van der Waals surface area contributed by atoms with Crippen LogP contribution in [0.5, 0.6) is 5.75 Å². The Bertz CT molecular complexity index is 1050. The van der Waals surface area contributed by atoms with E-state index in [-0.39, 0.29) is 16.1 Å². The van der Waals surface area contributed by atoms with Crippen molar-refractivity contribution in [1.29, 1.82) is 0 Å². The van der Waals surface area contributed by atoms with Gasteiger partial charge in [-0.15, -0.1) is 13.2 Å². The van der Waals surface area contributed by atoms with Crippen molar-refractivity contribution in [2.24, 2.45) is 5.92 Å². The van der Waals surface area contributed by atoms with Gasteiger partial charge in [-0.05, 0) is 67.6 Å². The molecule has 0 spiro atoms. The van der Waals surface area contributed by atoms with Gasteiger partial charge in [0.1, 0.15) is 5.75 Å². The van der Waals surface area contributed by atoms with Gasteiger partial charge in [-0.25, -0.2) is 8.42 Å². The molecular formula is C21H23F3N2O4S. The molecule has 0 aromatic heterocycles. The highest BCUT2D eigenvalue weighted by Gasteiger charge is 2.31. The number of carbonyl (C=O) groups excluding carboxylic acids is 1. The zero-order chi connectivity index (χ0) is 22.8. The van der Waals surface area contributed by atoms with E-state index in [2.05, 4.69) is 17.0 Å². The SMILES string of the molecule is Cc1ccc(S(=O)(=O)N2CCC(C)CC2)cc1C(=O)Nc1ccc(OC(F)(F)F)cc1. The van der Waals surface area contributed by atoms with Crippen molar-refractivity contribution >= 4 is 21.6 Å². The number of ether oxygens (including phenoxy) is 1. The second kappa shape index (κ2) is 8.88. The van der Waals surface area contributed by atoms with E-state index in [1.807, 2.05) is 0 Å². The lowest BCUT2D eigenvalue weighted by atomic mass is 10.0. The average molecular weight is 456 g/mol. The molecule has 1 amide bonds. The van der Waals surface area contributed by atoms with Crippen molar-refractivity contribution in [2.45, 2.75) is 37.9 Å². The number of carbonyl (C=O) groups is 1. The summed E-state index contributed by atoms with van der Waals surface area (Å²) in [5.41, 5.74) is 0.986. The van der Waals surface area contributed by atoms with Crippen molar-refractivity contribution in [3.63, 3.8) is 0 Å². The van der Waals surface area contributed by atoms with Gasteiger partial charge in [-0.2, -0.15) is 4.31 Å². The first kappa shape index (κ1) is 23.1. The Balaban J connectivity index is 1.77. The molecule has 2 aromatic carbocycles. The van der Waals surface area contributed by atoms with Crippen LogP contribution in [0.4, 0.5) is 18.9 Å². The van der Waals surface area contributed by atoms with E-state index in [1.54, 1.807) is 13.0 Å². The summed E-state index contributed by atoms with van der Waals surface area (Å²) in [5.74, 6) is -0.504. The van der Waals surface area contributed by atoms with Crippen molar-refractivity contribution in [1.82, 2.24) is 4.31 Å². The lowest BCUT2D eigenvalue weighted by molar-refractivity contribution is -0.274. The molecule has 3 rings (SSSR count). The summed E-state index contributed by atoms with van der Waals surface area (Å²) in [6.07, 6.45) is -3.24. The number of aryl methyl sites for hydroxylation is 1. The number of halogens is 3. The third-order valence-electron chi connectivity index (χ3n) is 5.18. The number of sulfonamides is 1. The number of alkyl halides is 3. The lowest BCUT2D eigenvalue weighted by Crippen LogP contribution is -2.38. The molecule has 1 saturated heterocycles. The minimum Gasteiger partial charge on any atom is -0.406 e. The van der Waals surface area contributed by atoms with Gasteiger partial charge in [0, 0.05) is 24.3 Å². The van der Waals surface area contributed by atoms with Crippen LogP contribution in [0.2, 0.25) is 0 Å². The van der Waals surface area contributed by atoms with Crippen LogP contribution in [-0.4, -0.2) is 38.1 Å². The van der Waals surface area contributed by atoms with Crippen molar-refractivity contribution in [2.75, 3.05) is 18.4 Å². The van der Waals surface area contributed by atoms with Gasteiger partial charge in [-0.1, -0.05) is 13.0 Å². The van der Waals surface area contributed by atoms with Crippen molar-refractivity contribution in [3.05, 3.63) is 53.6 Å². The molecule has 1 N–H and O–H groups in total. The molecule has 0 unspecified atom stereocenters. The number of hydrogen-bond donors (Lipinski definition) is 1. The smallest absolute Gasteiger partial charge is 0.406 e. The van der Waals surface area contributed by atoms with Gasteiger partial charge >= 0.3 is 6.36 Å². The first-order chi connectivity index (χ1) is 14.5. The van der Waals surface area contributed by atoms with E-state index in [0.717, 1.165) is 25.0 Å². The molecule has 2 aromatic rings. The first-order valence-electron chi connectivity index (χ1n) is 9.74. The Labute approximate surface area is 179 Å². The topological polar surface area (TPSA) is 75.7 Å². The molecule has 1 heterocycles. The van der Waals surface area contributed by atoms with E-state index in [1.165, 1.54) is 28.6 Å². The van der Waals surface area contributed by atoms with Gasteiger partial charge in [0.15, 0.2) is 0 Å². The van der Waals surface area contributed by atoms with Gasteiger partial charge in [0.25, 0.3) is 5.91 Å². The number of piperidine rings is 1. The Morgan fingerprint density at radius 2 is 1.71 bits per heavy atom. The zero-order valence-corrected chi connectivity index (χ0v) is 17.9. The molecule has 1 fully saturated rings. The van der Waals surface area contributed by atoms with E-state index in [9.17, 15) is 26.4 Å². The van der Waals surface area contributed by atoms with E-state index in [0.29, 0.717) is 24.6 Å². The van der Waals surface area contributed by atoms with E-state index >= 15 is 0 Å². The van der Waals surface area contributed by atoms with E-state index < -0.39 is 28.0 Å². The molecule has 0 aliphatic carbocycles. The summed E-state index contributed by atoms with van der Waals surface area (Å²) in [4.78, 5) is 12.8. The Hall–Kier alpha value is -2.59. The third-order valence-corrected chi connectivity index (χ3v) is 7.07. The summed E-state index contributed by atoms with van der Waals surface area (Å²) in [6.45, 7) is 4.63. The zero-order valence-electron chi connectivity index (χ0n) is 17.1. The fraction of sp³-hybridized carbons (Fsp3) is 0.381. The number of rotatable bonds is 5.